The lowest BCUT2D eigenvalue weighted by Gasteiger charge is -2.18. The Morgan fingerprint density at radius 3 is 2.85 bits per heavy atom. The molecular formula is C16H18O4. The highest BCUT2D eigenvalue weighted by molar-refractivity contribution is 5.96. The molecule has 0 amide bonds. The molecule has 3 rings (SSSR count). The Bertz CT molecular complexity index is 560. The third-order valence-electron chi connectivity index (χ3n) is 3.83. The first-order valence-electron chi connectivity index (χ1n) is 6.95. The molecule has 0 fully saturated rings. The van der Waals surface area contributed by atoms with Crippen LogP contribution in [0.3, 0.4) is 0 Å². The van der Waals surface area contributed by atoms with Gasteiger partial charge >= 0.3 is 0 Å². The molecule has 0 saturated carbocycles. The Kier molecular flexibility index (Phi) is 3.63. The number of allylic oxidation sites excluding steroid dienone is 2. The van der Waals surface area contributed by atoms with Crippen LogP contribution >= 0.6 is 0 Å². The van der Waals surface area contributed by atoms with Gasteiger partial charge in [-0.25, -0.2) is 0 Å². The summed E-state index contributed by atoms with van der Waals surface area (Å²) in [7, 11) is 1.65. The zero-order valence-electron chi connectivity index (χ0n) is 11.6. The molecule has 2 aliphatic rings. The van der Waals surface area contributed by atoms with Crippen molar-refractivity contribution >= 4 is 5.78 Å². The maximum Gasteiger partial charge on any atom is 0.231 e. The van der Waals surface area contributed by atoms with Crippen LogP contribution in [0.25, 0.3) is 0 Å². The fraction of sp³-hybridized carbons (Fsp3) is 0.438. The standard InChI is InChI=1S/C16H18O4/c1-18-14-4-2-3-13(17)12(14)7-5-11-6-8-15-16(9-11)20-10-19-15/h6,8-9H,2-5,7,10H2,1H3. The molecule has 0 unspecified atom stereocenters. The topological polar surface area (TPSA) is 44.8 Å². The van der Waals surface area contributed by atoms with Crippen molar-refractivity contribution < 1.29 is 19.0 Å². The molecule has 0 N–H and O–H groups in total. The molecule has 1 heterocycles. The molecule has 1 aromatic rings. The molecule has 0 aromatic heterocycles. The van der Waals surface area contributed by atoms with Crippen molar-refractivity contribution in [2.75, 3.05) is 13.9 Å². The summed E-state index contributed by atoms with van der Waals surface area (Å²) in [4.78, 5) is 12.0. The number of hydrogen-bond acceptors (Lipinski definition) is 4. The van der Waals surface area contributed by atoms with Crippen molar-refractivity contribution in [2.24, 2.45) is 0 Å². The van der Waals surface area contributed by atoms with E-state index >= 15 is 0 Å². The van der Waals surface area contributed by atoms with Crippen LogP contribution in [0.5, 0.6) is 11.5 Å². The number of aryl methyl sites for hydroxylation is 1. The smallest absolute Gasteiger partial charge is 0.231 e. The maximum atomic E-state index is 12.0. The Labute approximate surface area is 118 Å². The summed E-state index contributed by atoms with van der Waals surface area (Å²) < 4.78 is 16.0. The summed E-state index contributed by atoms with van der Waals surface area (Å²) in [6.07, 6.45) is 3.95. The summed E-state index contributed by atoms with van der Waals surface area (Å²) >= 11 is 0. The van der Waals surface area contributed by atoms with Gasteiger partial charge in [-0.1, -0.05) is 6.07 Å². The van der Waals surface area contributed by atoms with Gasteiger partial charge in [-0.05, 0) is 37.0 Å². The number of ketones is 1. The van der Waals surface area contributed by atoms with Crippen LogP contribution in [0.15, 0.2) is 29.5 Å². The molecule has 0 saturated heterocycles. The van der Waals surface area contributed by atoms with Crippen LogP contribution in [-0.4, -0.2) is 19.7 Å². The van der Waals surface area contributed by atoms with E-state index in [-0.39, 0.29) is 12.6 Å². The van der Waals surface area contributed by atoms with E-state index in [0.717, 1.165) is 54.1 Å². The number of carbonyl (C=O) groups is 1. The van der Waals surface area contributed by atoms with Gasteiger partial charge in [0.15, 0.2) is 17.3 Å². The summed E-state index contributed by atoms with van der Waals surface area (Å²) in [6, 6.07) is 5.93. The second-order valence-corrected chi connectivity index (χ2v) is 5.07. The van der Waals surface area contributed by atoms with Gasteiger partial charge in [0.25, 0.3) is 0 Å². The number of carbonyl (C=O) groups excluding carboxylic acids is 1. The third-order valence-corrected chi connectivity index (χ3v) is 3.83. The molecule has 1 aliphatic carbocycles. The zero-order chi connectivity index (χ0) is 13.9. The van der Waals surface area contributed by atoms with Gasteiger partial charge in [-0.15, -0.1) is 0 Å². The molecule has 0 spiro atoms. The number of Topliss-reactive ketones (excluding diaryl/α,β-unsaturated/α-hetero) is 1. The minimum absolute atomic E-state index is 0.230. The number of fused-ring (bicyclic) bond motifs is 1. The van der Waals surface area contributed by atoms with E-state index in [1.165, 1.54) is 0 Å². The number of benzene rings is 1. The predicted octanol–water partition coefficient (Wildman–Crippen LogP) is 3.00. The Hall–Kier alpha value is -1.97. The lowest BCUT2D eigenvalue weighted by atomic mass is 9.91. The second-order valence-electron chi connectivity index (χ2n) is 5.07. The SMILES string of the molecule is COC1=C(CCc2ccc3c(c2)OCO3)C(=O)CCC1. The molecule has 106 valence electrons. The number of methoxy groups -OCH3 is 1. The molecule has 0 radical (unpaired) electrons. The van der Waals surface area contributed by atoms with Crippen LogP contribution < -0.4 is 9.47 Å². The quantitative estimate of drug-likeness (QED) is 0.846. The first-order valence-corrected chi connectivity index (χ1v) is 6.95. The van der Waals surface area contributed by atoms with Crippen molar-refractivity contribution in [1.29, 1.82) is 0 Å². The molecular weight excluding hydrogens is 256 g/mol. The van der Waals surface area contributed by atoms with Crippen LogP contribution in [-0.2, 0) is 16.0 Å². The third kappa shape index (κ3) is 2.50. The highest BCUT2D eigenvalue weighted by Gasteiger charge is 2.21. The van der Waals surface area contributed by atoms with Crippen LogP contribution in [0.4, 0.5) is 0 Å². The van der Waals surface area contributed by atoms with Gasteiger partial charge < -0.3 is 14.2 Å². The first-order chi connectivity index (χ1) is 9.78. The molecule has 20 heavy (non-hydrogen) atoms. The van der Waals surface area contributed by atoms with Crippen molar-refractivity contribution in [3.63, 3.8) is 0 Å². The van der Waals surface area contributed by atoms with E-state index in [1.54, 1.807) is 7.11 Å². The van der Waals surface area contributed by atoms with E-state index in [4.69, 9.17) is 14.2 Å². The lowest BCUT2D eigenvalue weighted by molar-refractivity contribution is -0.116. The predicted molar refractivity (Wildman–Crippen MR) is 73.8 cm³/mol. The van der Waals surface area contributed by atoms with E-state index in [2.05, 4.69) is 0 Å². The van der Waals surface area contributed by atoms with Gasteiger partial charge in [0.1, 0.15) is 5.76 Å². The summed E-state index contributed by atoms with van der Waals surface area (Å²) in [5, 5.41) is 0. The summed E-state index contributed by atoms with van der Waals surface area (Å²) in [6.45, 7) is 0.288. The minimum atomic E-state index is 0.230. The van der Waals surface area contributed by atoms with Crippen molar-refractivity contribution in [2.45, 2.75) is 32.1 Å². The average molecular weight is 274 g/mol. The van der Waals surface area contributed by atoms with Crippen molar-refractivity contribution in [3.05, 3.63) is 35.1 Å². The van der Waals surface area contributed by atoms with Gasteiger partial charge in [0, 0.05) is 18.4 Å². The van der Waals surface area contributed by atoms with Gasteiger partial charge in [-0.3, -0.25) is 4.79 Å². The highest BCUT2D eigenvalue weighted by atomic mass is 16.7. The number of rotatable bonds is 4. The van der Waals surface area contributed by atoms with E-state index < -0.39 is 0 Å². The molecule has 0 bridgehead atoms. The number of hydrogen-bond donors (Lipinski definition) is 0. The van der Waals surface area contributed by atoms with Crippen LogP contribution in [0, 0.1) is 0 Å². The minimum Gasteiger partial charge on any atom is -0.501 e. The summed E-state index contributed by atoms with van der Waals surface area (Å²) in [5.41, 5.74) is 2.01. The van der Waals surface area contributed by atoms with E-state index in [9.17, 15) is 4.79 Å². The molecule has 4 heteroatoms. The Morgan fingerprint density at radius 2 is 2.00 bits per heavy atom. The monoisotopic (exact) mass is 274 g/mol. The van der Waals surface area contributed by atoms with E-state index in [0.29, 0.717) is 6.42 Å². The maximum absolute atomic E-state index is 12.0. The summed E-state index contributed by atoms with van der Waals surface area (Å²) in [5.74, 6) is 2.67. The van der Waals surface area contributed by atoms with Crippen molar-refractivity contribution in [1.82, 2.24) is 0 Å². The van der Waals surface area contributed by atoms with E-state index in [1.807, 2.05) is 18.2 Å². The largest absolute Gasteiger partial charge is 0.501 e. The second kappa shape index (κ2) is 5.57. The normalized spacial score (nSPS) is 17.6. The zero-order valence-corrected chi connectivity index (χ0v) is 11.6. The fourth-order valence-corrected chi connectivity index (χ4v) is 2.74. The first kappa shape index (κ1) is 13.0. The Balaban J connectivity index is 1.72. The molecule has 1 aromatic carbocycles. The molecule has 0 atom stereocenters. The fourth-order valence-electron chi connectivity index (χ4n) is 2.74. The molecule has 4 nitrogen and oxygen atoms in total. The number of ether oxygens (including phenoxy) is 3. The van der Waals surface area contributed by atoms with Gasteiger partial charge in [-0.2, -0.15) is 0 Å². The van der Waals surface area contributed by atoms with Crippen LogP contribution in [0.2, 0.25) is 0 Å². The van der Waals surface area contributed by atoms with Crippen LogP contribution in [0.1, 0.15) is 31.2 Å². The molecule has 1 aliphatic heterocycles. The van der Waals surface area contributed by atoms with Crippen molar-refractivity contribution in [3.8, 4) is 11.5 Å². The Morgan fingerprint density at radius 1 is 1.15 bits per heavy atom. The average Bonchev–Trinajstić information content (AvgIpc) is 2.93. The van der Waals surface area contributed by atoms with Gasteiger partial charge in [0.05, 0.1) is 7.11 Å². The highest BCUT2D eigenvalue weighted by Crippen LogP contribution is 2.33. The van der Waals surface area contributed by atoms with Gasteiger partial charge in [0.2, 0.25) is 6.79 Å². The lowest BCUT2D eigenvalue weighted by Crippen LogP contribution is -2.13.